The number of aryl methyl sites for hydroxylation is 2. The molecule has 0 fully saturated rings. The average molecular weight is 384 g/mol. The molecule has 2 heteroatoms. The van der Waals surface area contributed by atoms with Gasteiger partial charge in [-0.3, -0.25) is 0 Å². The van der Waals surface area contributed by atoms with E-state index in [4.69, 9.17) is 0 Å². The molecular formula is C28H20N2. The highest BCUT2D eigenvalue weighted by atomic mass is 14.7. The molecule has 0 bridgehead atoms. The zero-order valence-electron chi connectivity index (χ0n) is 16.5. The molecule has 0 amide bonds. The monoisotopic (exact) mass is 384 g/mol. The standard InChI is InChI=1S/C28H20N2/c1-3-7-24-18(5-1)15-26(29-24)20-11-9-17-10-12-22-21(13-14-23(20)28(17)22)27-16-19-6-2-4-8-25(19)30-27/h1-9,11,13-16,29-30H,10,12H2. The highest BCUT2D eigenvalue weighted by Gasteiger charge is 2.21. The van der Waals surface area contributed by atoms with E-state index in [1.165, 1.54) is 66.2 Å². The Bertz CT molecular complexity index is 1530. The molecule has 0 spiro atoms. The van der Waals surface area contributed by atoms with Gasteiger partial charge in [-0.1, -0.05) is 60.7 Å². The van der Waals surface area contributed by atoms with Crippen LogP contribution in [-0.4, -0.2) is 9.97 Å². The molecule has 0 atom stereocenters. The fourth-order valence-corrected chi connectivity index (χ4v) is 5.25. The second-order valence-electron chi connectivity index (χ2n) is 8.33. The molecule has 0 radical (unpaired) electrons. The summed E-state index contributed by atoms with van der Waals surface area (Å²) in [5.74, 6) is 0. The van der Waals surface area contributed by atoms with Gasteiger partial charge in [-0.25, -0.2) is 0 Å². The molecule has 7 rings (SSSR count). The van der Waals surface area contributed by atoms with Crippen molar-refractivity contribution in [3.8, 4) is 22.5 Å². The smallest absolute Gasteiger partial charge is 0.0471 e. The number of aromatic nitrogens is 2. The third-order valence-corrected chi connectivity index (χ3v) is 6.66. The normalized spacial score (nSPS) is 13.1. The van der Waals surface area contributed by atoms with Gasteiger partial charge in [-0.05, 0) is 59.0 Å². The van der Waals surface area contributed by atoms with Crippen LogP contribution in [0.5, 0.6) is 0 Å². The zero-order chi connectivity index (χ0) is 19.7. The minimum atomic E-state index is 1.10. The third kappa shape index (κ3) is 2.19. The summed E-state index contributed by atoms with van der Waals surface area (Å²) in [6, 6.07) is 30.8. The SMILES string of the molecule is c1ccc2[nH]c(-c3ccc4c(-c5cc6ccccc6[nH]5)ccc5c4c3CC5)cc2c1. The Morgan fingerprint density at radius 1 is 0.567 bits per heavy atom. The van der Waals surface area contributed by atoms with Crippen molar-refractivity contribution in [1.82, 2.24) is 9.97 Å². The Morgan fingerprint density at radius 2 is 1.20 bits per heavy atom. The topological polar surface area (TPSA) is 31.6 Å². The minimum Gasteiger partial charge on any atom is -0.355 e. The Hall–Kier alpha value is -3.78. The number of aromatic amines is 2. The summed E-state index contributed by atoms with van der Waals surface area (Å²) in [6.07, 6.45) is 2.23. The number of hydrogen-bond acceptors (Lipinski definition) is 0. The van der Waals surface area contributed by atoms with E-state index >= 15 is 0 Å². The van der Waals surface area contributed by atoms with E-state index in [0.717, 1.165) is 12.8 Å². The summed E-state index contributed by atoms with van der Waals surface area (Å²) in [4.78, 5) is 7.25. The second-order valence-corrected chi connectivity index (χ2v) is 8.33. The fraction of sp³-hybridized carbons (Fsp3) is 0.0714. The number of hydrogen-bond donors (Lipinski definition) is 2. The Kier molecular flexibility index (Phi) is 3.14. The van der Waals surface area contributed by atoms with Crippen molar-refractivity contribution in [2.24, 2.45) is 0 Å². The van der Waals surface area contributed by atoms with Crippen LogP contribution in [-0.2, 0) is 12.8 Å². The van der Waals surface area contributed by atoms with E-state index in [9.17, 15) is 0 Å². The molecule has 1 aliphatic rings. The lowest BCUT2D eigenvalue weighted by Gasteiger charge is -2.11. The van der Waals surface area contributed by atoms with Crippen LogP contribution in [0.3, 0.4) is 0 Å². The molecule has 2 heterocycles. The van der Waals surface area contributed by atoms with Crippen LogP contribution in [0.15, 0.2) is 84.9 Å². The Morgan fingerprint density at radius 3 is 1.90 bits per heavy atom. The van der Waals surface area contributed by atoms with E-state index in [1.54, 1.807) is 0 Å². The summed E-state index contributed by atoms with van der Waals surface area (Å²) in [5, 5.41) is 5.33. The van der Waals surface area contributed by atoms with E-state index in [2.05, 4.69) is 94.9 Å². The summed E-state index contributed by atoms with van der Waals surface area (Å²) in [5.41, 5.74) is 10.4. The summed E-state index contributed by atoms with van der Waals surface area (Å²) in [7, 11) is 0. The number of rotatable bonds is 2. The number of fused-ring (bicyclic) bond motifs is 2. The highest BCUT2D eigenvalue weighted by Crippen LogP contribution is 2.42. The Balaban J connectivity index is 1.47. The van der Waals surface area contributed by atoms with Crippen molar-refractivity contribution in [2.45, 2.75) is 12.8 Å². The van der Waals surface area contributed by atoms with Crippen molar-refractivity contribution in [2.75, 3.05) is 0 Å². The molecule has 2 aromatic heterocycles. The van der Waals surface area contributed by atoms with Crippen LogP contribution < -0.4 is 0 Å². The van der Waals surface area contributed by atoms with E-state index in [1.807, 2.05) is 0 Å². The molecule has 30 heavy (non-hydrogen) atoms. The fourth-order valence-electron chi connectivity index (χ4n) is 5.25. The van der Waals surface area contributed by atoms with Crippen LogP contribution in [0.2, 0.25) is 0 Å². The van der Waals surface area contributed by atoms with Crippen molar-refractivity contribution in [3.63, 3.8) is 0 Å². The molecule has 6 aromatic rings. The lowest BCUT2D eigenvalue weighted by atomic mass is 9.94. The number of para-hydroxylation sites is 2. The summed E-state index contributed by atoms with van der Waals surface area (Å²) >= 11 is 0. The molecule has 142 valence electrons. The predicted octanol–water partition coefficient (Wildman–Crippen LogP) is 7.24. The maximum atomic E-state index is 3.63. The van der Waals surface area contributed by atoms with Gasteiger partial charge < -0.3 is 9.97 Å². The van der Waals surface area contributed by atoms with Crippen LogP contribution in [0.4, 0.5) is 0 Å². The molecule has 0 unspecified atom stereocenters. The number of benzene rings is 4. The van der Waals surface area contributed by atoms with E-state index < -0.39 is 0 Å². The summed E-state index contributed by atoms with van der Waals surface area (Å²) in [6.45, 7) is 0. The lowest BCUT2D eigenvalue weighted by Crippen LogP contribution is -1.89. The van der Waals surface area contributed by atoms with Crippen molar-refractivity contribution in [1.29, 1.82) is 0 Å². The average Bonchev–Trinajstić information content (AvgIpc) is 3.51. The van der Waals surface area contributed by atoms with Gasteiger partial charge in [-0.2, -0.15) is 0 Å². The van der Waals surface area contributed by atoms with Gasteiger partial charge in [0, 0.05) is 44.3 Å². The van der Waals surface area contributed by atoms with Gasteiger partial charge in [-0.15, -0.1) is 0 Å². The van der Waals surface area contributed by atoms with Crippen LogP contribution in [0, 0.1) is 0 Å². The van der Waals surface area contributed by atoms with Crippen LogP contribution >= 0.6 is 0 Å². The number of H-pyrrole nitrogens is 2. The molecule has 0 saturated carbocycles. The maximum absolute atomic E-state index is 3.63. The third-order valence-electron chi connectivity index (χ3n) is 6.66. The van der Waals surface area contributed by atoms with Gasteiger partial charge in [0.2, 0.25) is 0 Å². The maximum Gasteiger partial charge on any atom is 0.0471 e. The van der Waals surface area contributed by atoms with E-state index in [0.29, 0.717) is 0 Å². The first-order chi connectivity index (χ1) is 14.8. The largest absolute Gasteiger partial charge is 0.355 e. The first kappa shape index (κ1) is 16.1. The van der Waals surface area contributed by atoms with Gasteiger partial charge in [0.25, 0.3) is 0 Å². The molecule has 2 nitrogen and oxygen atoms in total. The molecule has 0 saturated heterocycles. The molecule has 1 aliphatic carbocycles. The lowest BCUT2D eigenvalue weighted by molar-refractivity contribution is 1.02. The van der Waals surface area contributed by atoms with Gasteiger partial charge in [0.15, 0.2) is 0 Å². The molecule has 0 aliphatic heterocycles. The van der Waals surface area contributed by atoms with Crippen molar-refractivity contribution < 1.29 is 0 Å². The first-order valence-corrected chi connectivity index (χ1v) is 10.6. The van der Waals surface area contributed by atoms with Crippen molar-refractivity contribution in [3.05, 3.63) is 96.1 Å². The molecule has 2 N–H and O–H groups in total. The zero-order valence-corrected chi connectivity index (χ0v) is 16.5. The van der Waals surface area contributed by atoms with Crippen LogP contribution in [0.1, 0.15) is 11.1 Å². The quantitative estimate of drug-likeness (QED) is 0.315. The summed E-state index contributed by atoms with van der Waals surface area (Å²) < 4.78 is 0. The van der Waals surface area contributed by atoms with Gasteiger partial charge >= 0.3 is 0 Å². The van der Waals surface area contributed by atoms with Crippen molar-refractivity contribution >= 4 is 32.6 Å². The molecule has 4 aromatic carbocycles. The number of nitrogens with one attached hydrogen (secondary N) is 2. The second kappa shape index (κ2) is 5.87. The van der Waals surface area contributed by atoms with Gasteiger partial charge in [0.05, 0.1) is 0 Å². The van der Waals surface area contributed by atoms with Gasteiger partial charge in [0.1, 0.15) is 0 Å². The first-order valence-electron chi connectivity index (χ1n) is 10.6. The van der Waals surface area contributed by atoms with Crippen LogP contribution in [0.25, 0.3) is 55.1 Å². The minimum absolute atomic E-state index is 1.10. The van der Waals surface area contributed by atoms with E-state index in [-0.39, 0.29) is 0 Å². The predicted molar refractivity (Wildman–Crippen MR) is 126 cm³/mol. The Labute approximate surface area is 174 Å². The highest BCUT2D eigenvalue weighted by molar-refractivity contribution is 6.05. The molecular weight excluding hydrogens is 364 g/mol.